The zero-order valence-corrected chi connectivity index (χ0v) is 9.05. The minimum absolute atomic E-state index is 0.109. The first kappa shape index (κ1) is 12.2. The Morgan fingerprint density at radius 2 is 2.15 bits per heavy atom. The Morgan fingerprint density at radius 3 is 2.46 bits per heavy atom. The standard InChI is InChI=1S/C10H20N2O/c1-6-8-12(7-2)9(13)10(3,4)11-5/h6,11H,1,7-8H2,2-5H3. The van der Waals surface area contributed by atoms with E-state index in [0.29, 0.717) is 6.54 Å². The molecule has 13 heavy (non-hydrogen) atoms. The number of amides is 1. The molecule has 1 amide bonds. The second-order valence-electron chi connectivity index (χ2n) is 3.51. The summed E-state index contributed by atoms with van der Waals surface area (Å²) in [4.78, 5) is 13.6. The Balaban J connectivity index is 4.44. The van der Waals surface area contributed by atoms with Crippen LogP contribution in [0.4, 0.5) is 0 Å². The van der Waals surface area contributed by atoms with E-state index in [9.17, 15) is 4.79 Å². The maximum atomic E-state index is 11.8. The number of nitrogens with one attached hydrogen (secondary N) is 1. The van der Waals surface area contributed by atoms with E-state index in [0.717, 1.165) is 6.54 Å². The fourth-order valence-electron chi connectivity index (χ4n) is 1.01. The molecule has 0 heterocycles. The van der Waals surface area contributed by atoms with Crippen molar-refractivity contribution < 1.29 is 4.79 Å². The van der Waals surface area contributed by atoms with Crippen LogP contribution in [0.25, 0.3) is 0 Å². The monoisotopic (exact) mass is 184 g/mol. The van der Waals surface area contributed by atoms with Gasteiger partial charge in [0.05, 0.1) is 5.54 Å². The van der Waals surface area contributed by atoms with Gasteiger partial charge in [0.25, 0.3) is 0 Å². The molecule has 0 aromatic carbocycles. The minimum Gasteiger partial charge on any atom is -0.338 e. The van der Waals surface area contributed by atoms with Crippen LogP contribution in [-0.2, 0) is 4.79 Å². The van der Waals surface area contributed by atoms with Crippen molar-refractivity contribution in [1.82, 2.24) is 10.2 Å². The highest BCUT2D eigenvalue weighted by Crippen LogP contribution is 2.06. The molecule has 0 aliphatic heterocycles. The van der Waals surface area contributed by atoms with Gasteiger partial charge in [0.15, 0.2) is 0 Å². The van der Waals surface area contributed by atoms with E-state index >= 15 is 0 Å². The third-order valence-corrected chi connectivity index (χ3v) is 2.18. The van der Waals surface area contributed by atoms with Crippen LogP contribution in [0.2, 0.25) is 0 Å². The van der Waals surface area contributed by atoms with Gasteiger partial charge in [-0.25, -0.2) is 0 Å². The molecule has 0 bridgehead atoms. The number of carbonyl (C=O) groups excluding carboxylic acids is 1. The molecule has 0 saturated carbocycles. The third kappa shape index (κ3) is 3.19. The summed E-state index contributed by atoms with van der Waals surface area (Å²) >= 11 is 0. The van der Waals surface area contributed by atoms with Crippen molar-refractivity contribution in [2.45, 2.75) is 26.3 Å². The summed E-state index contributed by atoms with van der Waals surface area (Å²) in [5, 5.41) is 2.99. The lowest BCUT2D eigenvalue weighted by molar-refractivity contribution is -0.136. The summed E-state index contributed by atoms with van der Waals surface area (Å²) in [6.45, 7) is 10.7. The van der Waals surface area contributed by atoms with Gasteiger partial charge in [0.2, 0.25) is 5.91 Å². The van der Waals surface area contributed by atoms with Gasteiger partial charge < -0.3 is 10.2 Å². The van der Waals surface area contributed by atoms with Crippen LogP contribution in [0.3, 0.4) is 0 Å². The molecule has 3 heteroatoms. The molecule has 0 aliphatic rings. The summed E-state index contributed by atoms with van der Waals surface area (Å²) in [7, 11) is 1.79. The molecule has 0 fully saturated rings. The van der Waals surface area contributed by atoms with Crippen molar-refractivity contribution in [3.8, 4) is 0 Å². The first-order chi connectivity index (χ1) is 5.99. The van der Waals surface area contributed by atoms with E-state index < -0.39 is 5.54 Å². The fraction of sp³-hybridized carbons (Fsp3) is 0.700. The van der Waals surface area contributed by atoms with Gasteiger partial charge in [0, 0.05) is 13.1 Å². The number of nitrogens with zero attached hydrogens (tertiary/aromatic N) is 1. The Bertz CT molecular complexity index is 187. The second kappa shape index (κ2) is 5.02. The van der Waals surface area contributed by atoms with Crippen LogP contribution < -0.4 is 5.32 Å². The quantitative estimate of drug-likeness (QED) is 0.647. The zero-order chi connectivity index (χ0) is 10.5. The second-order valence-corrected chi connectivity index (χ2v) is 3.51. The van der Waals surface area contributed by atoms with E-state index in [2.05, 4.69) is 11.9 Å². The molecule has 0 saturated heterocycles. The lowest BCUT2D eigenvalue weighted by Crippen LogP contribution is -2.52. The number of hydrogen-bond acceptors (Lipinski definition) is 2. The summed E-state index contributed by atoms with van der Waals surface area (Å²) in [5.41, 5.74) is -0.487. The molecule has 0 aromatic rings. The van der Waals surface area contributed by atoms with Crippen LogP contribution in [-0.4, -0.2) is 36.5 Å². The highest BCUT2D eigenvalue weighted by Gasteiger charge is 2.28. The molecule has 0 spiro atoms. The molecule has 0 rings (SSSR count). The number of likely N-dealkylation sites (N-methyl/N-ethyl adjacent to an activating group) is 2. The van der Waals surface area contributed by atoms with Crippen LogP contribution in [0.15, 0.2) is 12.7 Å². The molecular formula is C10H20N2O. The van der Waals surface area contributed by atoms with E-state index in [1.54, 1.807) is 18.0 Å². The van der Waals surface area contributed by atoms with Crippen molar-refractivity contribution in [3.63, 3.8) is 0 Å². The fourth-order valence-corrected chi connectivity index (χ4v) is 1.01. The van der Waals surface area contributed by atoms with Crippen LogP contribution in [0.5, 0.6) is 0 Å². The molecule has 0 radical (unpaired) electrons. The van der Waals surface area contributed by atoms with Gasteiger partial charge in [-0.05, 0) is 27.8 Å². The Labute approximate surface area is 80.8 Å². The van der Waals surface area contributed by atoms with E-state index in [4.69, 9.17) is 0 Å². The summed E-state index contributed by atoms with van der Waals surface area (Å²) in [6.07, 6.45) is 1.74. The van der Waals surface area contributed by atoms with Gasteiger partial charge in [-0.1, -0.05) is 6.08 Å². The molecule has 1 N–H and O–H groups in total. The third-order valence-electron chi connectivity index (χ3n) is 2.18. The smallest absolute Gasteiger partial charge is 0.242 e. The average Bonchev–Trinajstić information content (AvgIpc) is 2.13. The van der Waals surface area contributed by atoms with E-state index in [-0.39, 0.29) is 5.91 Å². The van der Waals surface area contributed by atoms with Gasteiger partial charge in [-0.2, -0.15) is 0 Å². The zero-order valence-electron chi connectivity index (χ0n) is 9.05. The van der Waals surface area contributed by atoms with Crippen molar-refractivity contribution in [3.05, 3.63) is 12.7 Å². The molecule has 0 aromatic heterocycles. The highest BCUT2D eigenvalue weighted by atomic mass is 16.2. The number of hydrogen-bond donors (Lipinski definition) is 1. The topological polar surface area (TPSA) is 32.3 Å². The summed E-state index contributed by atoms with van der Waals surface area (Å²) in [6, 6.07) is 0. The van der Waals surface area contributed by atoms with Gasteiger partial charge in [-0.3, -0.25) is 4.79 Å². The van der Waals surface area contributed by atoms with Crippen molar-refractivity contribution >= 4 is 5.91 Å². The number of rotatable bonds is 5. The van der Waals surface area contributed by atoms with Crippen LogP contribution in [0.1, 0.15) is 20.8 Å². The van der Waals surface area contributed by atoms with Crippen LogP contribution in [0, 0.1) is 0 Å². The molecule has 3 nitrogen and oxygen atoms in total. The largest absolute Gasteiger partial charge is 0.338 e. The first-order valence-corrected chi connectivity index (χ1v) is 4.58. The Morgan fingerprint density at radius 1 is 1.62 bits per heavy atom. The highest BCUT2D eigenvalue weighted by molar-refractivity contribution is 5.85. The van der Waals surface area contributed by atoms with Crippen molar-refractivity contribution in [1.29, 1.82) is 0 Å². The Hall–Kier alpha value is -0.830. The van der Waals surface area contributed by atoms with E-state index in [1.807, 2.05) is 20.8 Å². The van der Waals surface area contributed by atoms with Crippen molar-refractivity contribution in [2.75, 3.05) is 20.1 Å². The summed E-state index contributed by atoms with van der Waals surface area (Å²) < 4.78 is 0. The van der Waals surface area contributed by atoms with Gasteiger partial charge >= 0.3 is 0 Å². The average molecular weight is 184 g/mol. The van der Waals surface area contributed by atoms with Gasteiger partial charge in [-0.15, -0.1) is 6.58 Å². The normalized spacial score (nSPS) is 11.1. The molecule has 0 unspecified atom stereocenters. The van der Waals surface area contributed by atoms with E-state index in [1.165, 1.54) is 0 Å². The SMILES string of the molecule is C=CCN(CC)C(=O)C(C)(C)NC. The van der Waals surface area contributed by atoms with Gasteiger partial charge in [0.1, 0.15) is 0 Å². The maximum absolute atomic E-state index is 11.8. The predicted molar refractivity (Wildman–Crippen MR) is 55.6 cm³/mol. The Kier molecular flexibility index (Phi) is 4.70. The van der Waals surface area contributed by atoms with Crippen molar-refractivity contribution in [2.24, 2.45) is 0 Å². The lowest BCUT2D eigenvalue weighted by atomic mass is 10.0. The molecular weight excluding hydrogens is 164 g/mol. The van der Waals surface area contributed by atoms with Crippen LogP contribution >= 0.6 is 0 Å². The number of carbonyl (C=O) groups is 1. The molecule has 76 valence electrons. The maximum Gasteiger partial charge on any atom is 0.242 e. The minimum atomic E-state index is -0.487. The first-order valence-electron chi connectivity index (χ1n) is 4.58. The summed E-state index contributed by atoms with van der Waals surface area (Å²) in [5.74, 6) is 0.109. The molecule has 0 atom stereocenters. The lowest BCUT2D eigenvalue weighted by Gasteiger charge is -2.30. The molecule has 0 aliphatic carbocycles. The predicted octanol–water partition coefficient (Wildman–Crippen LogP) is 1.02.